The van der Waals surface area contributed by atoms with Crippen LogP contribution in [-0.2, 0) is 4.79 Å². The molecule has 1 aromatic rings. The van der Waals surface area contributed by atoms with Crippen LogP contribution in [-0.4, -0.2) is 71.4 Å². The minimum atomic E-state index is 0.115. The van der Waals surface area contributed by atoms with Crippen LogP contribution < -0.4 is 0 Å². The predicted octanol–water partition coefficient (Wildman–Crippen LogP) is 4.18. The average molecular weight is 461 g/mol. The molecule has 180 valence electrons. The largest absolute Gasteiger partial charge is 0.353 e. The second kappa shape index (κ2) is 12.2. The molecule has 2 aliphatic rings. The van der Waals surface area contributed by atoms with Crippen molar-refractivity contribution < 1.29 is 4.79 Å². The van der Waals surface area contributed by atoms with E-state index in [1.54, 1.807) is 6.07 Å². The summed E-state index contributed by atoms with van der Waals surface area (Å²) in [6.45, 7) is 11.6. The normalized spacial score (nSPS) is 19.6. The second-order valence-corrected chi connectivity index (χ2v) is 8.73. The standard InChI is InChI=1S/C27H36N6O/c1-5-8-12-29-27(21(4)6-2)32-15-13-31(14-16-32)26(34)20-33-24(7-3)18-25(30-33)23-11-9-10-22(17-23)19-28/h5,8-12,17,24H,6-7,13-16,18,20H2,1-4H3/b8-5-,27-21?,29-12-. The van der Waals surface area contributed by atoms with Gasteiger partial charge in [0.05, 0.1) is 23.4 Å². The number of hydrogen-bond donors (Lipinski definition) is 0. The molecule has 2 heterocycles. The Balaban J connectivity index is 1.63. The molecule has 1 amide bonds. The molecule has 34 heavy (non-hydrogen) atoms. The molecule has 0 radical (unpaired) electrons. The highest BCUT2D eigenvalue weighted by molar-refractivity contribution is 6.02. The van der Waals surface area contributed by atoms with Crippen molar-refractivity contribution in [2.45, 2.75) is 53.0 Å². The van der Waals surface area contributed by atoms with Crippen molar-refractivity contribution in [3.05, 3.63) is 58.9 Å². The highest BCUT2D eigenvalue weighted by Crippen LogP contribution is 2.23. The third-order valence-electron chi connectivity index (χ3n) is 6.51. The molecule has 0 spiro atoms. The van der Waals surface area contributed by atoms with Crippen molar-refractivity contribution in [3.8, 4) is 6.07 Å². The minimum absolute atomic E-state index is 0.115. The van der Waals surface area contributed by atoms with E-state index in [1.807, 2.05) is 53.4 Å². The van der Waals surface area contributed by atoms with Gasteiger partial charge in [0, 0.05) is 38.8 Å². The first-order valence-electron chi connectivity index (χ1n) is 12.2. The van der Waals surface area contributed by atoms with Gasteiger partial charge in [0.25, 0.3) is 0 Å². The first kappa shape index (κ1) is 25.2. The highest BCUT2D eigenvalue weighted by atomic mass is 16.2. The van der Waals surface area contributed by atoms with Crippen LogP contribution >= 0.6 is 0 Å². The number of aliphatic imine (C=N–C) groups is 1. The second-order valence-electron chi connectivity index (χ2n) is 8.73. The number of amides is 1. The van der Waals surface area contributed by atoms with E-state index < -0.39 is 0 Å². The predicted molar refractivity (Wildman–Crippen MR) is 138 cm³/mol. The molecule has 1 unspecified atom stereocenters. The van der Waals surface area contributed by atoms with E-state index in [4.69, 9.17) is 5.10 Å². The zero-order valence-corrected chi connectivity index (χ0v) is 20.9. The van der Waals surface area contributed by atoms with Gasteiger partial charge in [-0.2, -0.15) is 10.4 Å². The number of carbonyl (C=O) groups is 1. The van der Waals surface area contributed by atoms with E-state index in [-0.39, 0.29) is 18.5 Å². The van der Waals surface area contributed by atoms with Crippen LogP contribution in [0.1, 0.15) is 58.1 Å². The molecule has 1 aromatic carbocycles. The van der Waals surface area contributed by atoms with Gasteiger partial charge >= 0.3 is 0 Å². The minimum Gasteiger partial charge on any atom is -0.353 e. The number of hydrazone groups is 1. The van der Waals surface area contributed by atoms with E-state index >= 15 is 0 Å². The van der Waals surface area contributed by atoms with Crippen molar-refractivity contribution in [1.29, 1.82) is 5.26 Å². The zero-order valence-electron chi connectivity index (χ0n) is 20.9. The number of nitriles is 1. The molecule has 2 aliphatic heterocycles. The van der Waals surface area contributed by atoms with E-state index in [2.05, 4.69) is 36.7 Å². The molecule has 1 saturated heterocycles. The number of rotatable bonds is 8. The van der Waals surface area contributed by atoms with Gasteiger partial charge in [0.1, 0.15) is 12.4 Å². The monoisotopic (exact) mass is 460 g/mol. The van der Waals surface area contributed by atoms with Crippen LogP contribution in [0, 0.1) is 11.3 Å². The Hall–Kier alpha value is -3.40. The lowest BCUT2D eigenvalue weighted by molar-refractivity contribution is -0.134. The summed E-state index contributed by atoms with van der Waals surface area (Å²) in [7, 11) is 0. The Morgan fingerprint density at radius 3 is 2.62 bits per heavy atom. The molecule has 0 aliphatic carbocycles. The van der Waals surface area contributed by atoms with Crippen molar-refractivity contribution >= 4 is 17.8 Å². The summed E-state index contributed by atoms with van der Waals surface area (Å²) in [6.07, 6.45) is 8.41. The van der Waals surface area contributed by atoms with Gasteiger partial charge in [-0.05, 0) is 56.0 Å². The van der Waals surface area contributed by atoms with Crippen LogP contribution in [0.15, 0.2) is 57.9 Å². The van der Waals surface area contributed by atoms with Gasteiger partial charge in [-0.1, -0.05) is 32.1 Å². The highest BCUT2D eigenvalue weighted by Gasteiger charge is 2.30. The molecule has 0 saturated carbocycles. The number of allylic oxidation sites excluding steroid dienone is 3. The molecule has 7 nitrogen and oxygen atoms in total. The van der Waals surface area contributed by atoms with Crippen LogP contribution in [0.25, 0.3) is 0 Å². The van der Waals surface area contributed by atoms with E-state index in [0.29, 0.717) is 18.7 Å². The number of benzene rings is 1. The molecule has 0 bridgehead atoms. The maximum atomic E-state index is 13.1. The Kier molecular flexibility index (Phi) is 9.03. The third kappa shape index (κ3) is 6.13. The van der Waals surface area contributed by atoms with Crippen molar-refractivity contribution in [2.24, 2.45) is 10.1 Å². The summed E-state index contributed by atoms with van der Waals surface area (Å²) in [5.74, 6) is 1.14. The van der Waals surface area contributed by atoms with Gasteiger partial charge in [-0.15, -0.1) is 0 Å². The first-order chi connectivity index (χ1) is 16.5. The lowest BCUT2D eigenvalue weighted by atomic mass is 10.0. The Morgan fingerprint density at radius 1 is 1.24 bits per heavy atom. The SMILES string of the molecule is C/C=C\C=N/C(=C(C)CC)N1CCN(C(=O)CN2N=C(c3cccc(C#N)c3)CC2CC)CC1. The van der Waals surface area contributed by atoms with Gasteiger partial charge in [-0.25, -0.2) is 4.99 Å². The fraction of sp³-hybridized carbons (Fsp3) is 0.481. The van der Waals surface area contributed by atoms with Gasteiger partial charge < -0.3 is 9.80 Å². The van der Waals surface area contributed by atoms with Gasteiger partial charge in [0.15, 0.2) is 0 Å². The summed E-state index contributed by atoms with van der Waals surface area (Å²) in [5.41, 5.74) is 3.80. The lowest BCUT2D eigenvalue weighted by Gasteiger charge is -2.37. The molecular formula is C27H36N6O. The van der Waals surface area contributed by atoms with E-state index in [0.717, 1.165) is 49.4 Å². The fourth-order valence-electron chi connectivity index (χ4n) is 4.30. The Bertz CT molecular complexity index is 1020. The lowest BCUT2D eigenvalue weighted by Crippen LogP contribution is -2.50. The topological polar surface area (TPSA) is 75.3 Å². The summed E-state index contributed by atoms with van der Waals surface area (Å²) in [4.78, 5) is 22.0. The number of hydrogen-bond acceptors (Lipinski definition) is 6. The number of carbonyl (C=O) groups excluding carboxylic acids is 1. The van der Waals surface area contributed by atoms with Gasteiger partial charge in [-0.3, -0.25) is 9.80 Å². The number of nitrogens with zero attached hydrogens (tertiary/aromatic N) is 6. The zero-order chi connectivity index (χ0) is 24.5. The van der Waals surface area contributed by atoms with Gasteiger partial charge in [0.2, 0.25) is 5.91 Å². The molecule has 0 N–H and O–H groups in total. The smallest absolute Gasteiger partial charge is 0.243 e. The third-order valence-corrected chi connectivity index (χ3v) is 6.51. The van der Waals surface area contributed by atoms with Crippen molar-refractivity contribution in [3.63, 3.8) is 0 Å². The van der Waals surface area contributed by atoms with E-state index in [9.17, 15) is 10.1 Å². The molecule has 0 aromatic heterocycles. The first-order valence-corrected chi connectivity index (χ1v) is 12.2. The van der Waals surface area contributed by atoms with Crippen LogP contribution in [0.2, 0.25) is 0 Å². The summed E-state index contributed by atoms with van der Waals surface area (Å²) in [5, 5.41) is 15.9. The molecule has 3 rings (SSSR count). The van der Waals surface area contributed by atoms with Crippen LogP contribution in [0.4, 0.5) is 0 Å². The molecule has 7 heteroatoms. The maximum absolute atomic E-state index is 13.1. The average Bonchev–Trinajstić information content (AvgIpc) is 3.29. The van der Waals surface area contributed by atoms with Crippen LogP contribution in [0.3, 0.4) is 0 Å². The summed E-state index contributed by atoms with van der Waals surface area (Å²) in [6, 6.07) is 9.93. The fourth-order valence-corrected chi connectivity index (χ4v) is 4.30. The Morgan fingerprint density at radius 2 is 1.97 bits per heavy atom. The number of piperazine rings is 1. The molecule has 1 atom stereocenters. The van der Waals surface area contributed by atoms with Crippen molar-refractivity contribution in [2.75, 3.05) is 32.7 Å². The Labute approximate surface area is 203 Å². The molecule has 1 fully saturated rings. The summed E-state index contributed by atoms with van der Waals surface area (Å²) < 4.78 is 0. The molecular weight excluding hydrogens is 424 g/mol. The van der Waals surface area contributed by atoms with Crippen molar-refractivity contribution in [1.82, 2.24) is 14.8 Å². The van der Waals surface area contributed by atoms with Crippen LogP contribution in [0.5, 0.6) is 0 Å². The maximum Gasteiger partial charge on any atom is 0.243 e. The quantitative estimate of drug-likeness (QED) is 0.546. The van der Waals surface area contributed by atoms with E-state index in [1.165, 1.54) is 5.57 Å². The summed E-state index contributed by atoms with van der Waals surface area (Å²) >= 11 is 0.